The molecule has 0 aliphatic heterocycles. The molecule has 0 unspecified atom stereocenters. The van der Waals surface area contributed by atoms with E-state index in [-0.39, 0.29) is 12.5 Å². The lowest BCUT2D eigenvalue weighted by atomic mass is 10.0. The van der Waals surface area contributed by atoms with Gasteiger partial charge < -0.3 is 10.1 Å². The van der Waals surface area contributed by atoms with Gasteiger partial charge in [0.15, 0.2) is 11.7 Å². The summed E-state index contributed by atoms with van der Waals surface area (Å²) in [5.74, 6) is 0.838. The van der Waals surface area contributed by atoms with E-state index in [9.17, 15) is 4.79 Å². The van der Waals surface area contributed by atoms with Gasteiger partial charge in [0.1, 0.15) is 5.75 Å². The molecule has 0 saturated carbocycles. The molecule has 0 saturated heterocycles. The fourth-order valence-electron chi connectivity index (χ4n) is 1.32. The normalized spacial score (nSPS) is 9.89. The fourth-order valence-corrected chi connectivity index (χ4v) is 1.37. The van der Waals surface area contributed by atoms with Crippen LogP contribution in [0.4, 0.5) is 0 Å². The monoisotopic (exact) mass is 281 g/mol. The van der Waals surface area contributed by atoms with Crippen molar-refractivity contribution in [3.63, 3.8) is 0 Å². The van der Waals surface area contributed by atoms with Crippen LogP contribution in [0.15, 0.2) is 24.3 Å². The molecule has 0 spiro atoms. The van der Waals surface area contributed by atoms with E-state index >= 15 is 0 Å². The number of carbonyl (C=O) groups is 1. The first-order valence-electron chi connectivity index (χ1n) is 6.02. The van der Waals surface area contributed by atoms with Crippen LogP contribution >= 0.6 is 12.2 Å². The predicted molar refractivity (Wildman–Crippen MR) is 79.0 cm³/mol. The molecular weight excluding hydrogens is 262 g/mol. The minimum atomic E-state index is -0.300. The highest BCUT2D eigenvalue weighted by Crippen LogP contribution is 2.18. The maximum atomic E-state index is 11.4. The minimum Gasteiger partial charge on any atom is -0.484 e. The summed E-state index contributed by atoms with van der Waals surface area (Å²) in [4.78, 5) is 11.4. The van der Waals surface area contributed by atoms with Gasteiger partial charge in [0.25, 0.3) is 5.91 Å². The van der Waals surface area contributed by atoms with Crippen molar-refractivity contribution < 1.29 is 9.53 Å². The molecule has 3 N–H and O–H groups in total. The molecule has 0 heterocycles. The summed E-state index contributed by atoms with van der Waals surface area (Å²) in [5, 5.41) is 3.02. The second-order valence-electron chi connectivity index (χ2n) is 4.26. The zero-order valence-corrected chi connectivity index (χ0v) is 12.1. The highest BCUT2D eigenvalue weighted by molar-refractivity contribution is 7.80. The van der Waals surface area contributed by atoms with Crippen LogP contribution < -0.4 is 20.9 Å². The van der Waals surface area contributed by atoms with E-state index in [1.165, 1.54) is 5.56 Å². The van der Waals surface area contributed by atoms with Gasteiger partial charge in [-0.15, -0.1) is 0 Å². The highest BCUT2D eigenvalue weighted by atomic mass is 32.1. The fraction of sp³-hybridized carbons (Fsp3) is 0.385. The van der Waals surface area contributed by atoms with Crippen molar-refractivity contribution in [2.24, 2.45) is 0 Å². The summed E-state index contributed by atoms with van der Waals surface area (Å²) in [6.07, 6.45) is 0. The predicted octanol–water partition coefficient (Wildman–Crippen LogP) is 1.31. The van der Waals surface area contributed by atoms with Crippen LogP contribution in [0.25, 0.3) is 0 Å². The minimum absolute atomic E-state index is 0.0691. The maximum Gasteiger partial charge on any atom is 0.276 e. The van der Waals surface area contributed by atoms with Crippen LogP contribution in [0.2, 0.25) is 0 Å². The molecular formula is C13H19N3O2S. The lowest BCUT2D eigenvalue weighted by Gasteiger charge is -2.10. The number of hydrazine groups is 1. The quantitative estimate of drug-likeness (QED) is 0.574. The molecule has 0 atom stereocenters. The molecule has 1 aromatic rings. The van der Waals surface area contributed by atoms with Crippen LogP contribution in [0.1, 0.15) is 25.3 Å². The van der Waals surface area contributed by atoms with E-state index in [1.807, 2.05) is 24.3 Å². The topological polar surface area (TPSA) is 62.4 Å². The molecule has 0 aliphatic rings. The Morgan fingerprint density at radius 3 is 2.42 bits per heavy atom. The molecule has 6 heteroatoms. The molecule has 0 aromatic heterocycles. The van der Waals surface area contributed by atoms with E-state index in [1.54, 1.807) is 7.05 Å². The first-order valence-corrected chi connectivity index (χ1v) is 6.43. The van der Waals surface area contributed by atoms with Crippen LogP contribution in [-0.2, 0) is 4.79 Å². The third-order valence-electron chi connectivity index (χ3n) is 2.46. The molecule has 5 nitrogen and oxygen atoms in total. The van der Waals surface area contributed by atoms with Crippen molar-refractivity contribution in [1.82, 2.24) is 16.2 Å². The number of nitrogens with one attached hydrogen (secondary N) is 3. The van der Waals surface area contributed by atoms with Gasteiger partial charge in [0.2, 0.25) is 0 Å². The number of amides is 1. The molecule has 1 amide bonds. The molecule has 0 aliphatic carbocycles. The number of thiocarbonyl (C=S) groups is 1. The van der Waals surface area contributed by atoms with Crippen molar-refractivity contribution in [2.45, 2.75) is 19.8 Å². The average Bonchev–Trinajstić information content (AvgIpc) is 2.42. The highest BCUT2D eigenvalue weighted by Gasteiger charge is 2.04. The Bertz CT molecular complexity index is 432. The first kappa shape index (κ1) is 15.2. The van der Waals surface area contributed by atoms with Gasteiger partial charge >= 0.3 is 0 Å². The van der Waals surface area contributed by atoms with Crippen molar-refractivity contribution in [3.05, 3.63) is 29.8 Å². The number of hydrogen-bond acceptors (Lipinski definition) is 3. The summed E-state index contributed by atoms with van der Waals surface area (Å²) in [5.41, 5.74) is 6.18. The number of ether oxygens (including phenoxy) is 1. The van der Waals surface area contributed by atoms with E-state index in [2.05, 4.69) is 30.0 Å². The van der Waals surface area contributed by atoms with Gasteiger partial charge in [0.05, 0.1) is 0 Å². The summed E-state index contributed by atoms with van der Waals surface area (Å²) in [7, 11) is 1.66. The average molecular weight is 281 g/mol. The summed E-state index contributed by atoms with van der Waals surface area (Å²) < 4.78 is 5.35. The molecule has 1 aromatic carbocycles. The van der Waals surface area contributed by atoms with Crippen molar-refractivity contribution in [2.75, 3.05) is 13.7 Å². The third kappa shape index (κ3) is 5.56. The Labute approximate surface area is 118 Å². The van der Waals surface area contributed by atoms with Crippen molar-refractivity contribution in [3.8, 4) is 5.75 Å². The third-order valence-corrected chi connectivity index (χ3v) is 2.77. The smallest absolute Gasteiger partial charge is 0.276 e. The standard InChI is InChI=1S/C13H19N3O2S/c1-9(2)10-4-6-11(7-5-10)18-8-12(17)15-16-13(19)14-3/h4-7,9H,8H2,1-3H3,(H,15,17)(H2,14,16,19). The molecule has 19 heavy (non-hydrogen) atoms. The Morgan fingerprint density at radius 1 is 1.26 bits per heavy atom. The molecule has 0 fully saturated rings. The van der Waals surface area contributed by atoms with Gasteiger partial charge in [-0.25, -0.2) is 0 Å². The van der Waals surface area contributed by atoms with Gasteiger partial charge in [0, 0.05) is 7.05 Å². The number of hydrogen-bond donors (Lipinski definition) is 3. The van der Waals surface area contributed by atoms with Gasteiger partial charge in [-0.05, 0) is 35.8 Å². The molecule has 104 valence electrons. The number of carbonyl (C=O) groups excluding carboxylic acids is 1. The summed E-state index contributed by atoms with van der Waals surface area (Å²) in [6, 6.07) is 7.70. The van der Waals surface area contributed by atoms with Crippen LogP contribution in [0.5, 0.6) is 5.75 Å². The van der Waals surface area contributed by atoms with E-state index in [0.717, 1.165) is 0 Å². The second kappa shape index (κ2) is 7.58. The lowest BCUT2D eigenvalue weighted by Crippen LogP contribution is -2.47. The van der Waals surface area contributed by atoms with Crippen molar-refractivity contribution >= 4 is 23.2 Å². The first-order chi connectivity index (χ1) is 9.02. The Kier molecular flexibility index (Phi) is 6.08. The van der Waals surface area contributed by atoms with Gasteiger partial charge in [-0.1, -0.05) is 26.0 Å². The molecule has 0 bridgehead atoms. The Balaban J connectivity index is 2.35. The summed E-state index contributed by atoms with van der Waals surface area (Å²) in [6.45, 7) is 4.18. The number of benzene rings is 1. The van der Waals surface area contributed by atoms with Gasteiger partial charge in [-0.3, -0.25) is 15.6 Å². The van der Waals surface area contributed by atoms with E-state index in [4.69, 9.17) is 17.0 Å². The van der Waals surface area contributed by atoms with Crippen LogP contribution in [0.3, 0.4) is 0 Å². The molecule has 0 radical (unpaired) electrons. The van der Waals surface area contributed by atoms with E-state index < -0.39 is 0 Å². The maximum absolute atomic E-state index is 11.4. The van der Waals surface area contributed by atoms with E-state index in [0.29, 0.717) is 16.8 Å². The zero-order valence-electron chi connectivity index (χ0n) is 11.3. The van der Waals surface area contributed by atoms with Crippen LogP contribution in [0, 0.1) is 0 Å². The Morgan fingerprint density at radius 2 is 1.89 bits per heavy atom. The van der Waals surface area contributed by atoms with Gasteiger partial charge in [-0.2, -0.15) is 0 Å². The zero-order chi connectivity index (χ0) is 14.3. The Hall–Kier alpha value is -1.82. The second-order valence-corrected chi connectivity index (χ2v) is 4.67. The van der Waals surface area contributed by atoms with Crippen LogP contribution in [-0.4, -0.2) is 24.7 Å². The number of rotatable bonds is 4. The SMILES string of the molecule is CNC(=S)NNC(=O)COc1ccc(C(C)C)cc1. The summed E-state index contributed by atoms with van der Waals surface area (Å²) >= 11 is 4.81. The molecule has 1 rings (SSSR count). The lowest BCUT2D eigenvalue weighted by molar-refractivity contribution is -0.123. The van der Waals surface area contributed by atoms with Crippen molar-refractivity contribution in [1.29, 1.82) is 0 Å². The largest absolute Gasteiger partial charge is 0.484 e.